The molecular weight excluding hydrogens is 444 g/mol. The molecular formula is C26H30N6O3. The number of hydrogen-bond acceptors (Lipinski definition) is 5. The summed E-state index contributed by atoms with van der Waals surface area (Å²) in [5.74, 6) is 0.284. The number of aromatic amines is 1. The predicted octanol–water partition coefficient (Wildman–Crippen LogP) is 3.48. The van der Waals surface area contributed by atoms with E-state index in [1.165, 1.54) is 7.11 Å². The first-order valence-electron chi connectivity index (χ1n) is 11.4. The predicted molar refractivity (Wildman–Crippen MR) is 135 cm³/mol. The van der Waals surface area contributed by atoms with Crippen LogP contribution in [0.3, 0.4) is 0 Å². The molecule has 0 aliphatic heterocycles. The van der Waals surface area contributed by atoms with E-state index < -0.39 is 0 Å². The lowest BCUT2D eigenvalue weighted by Gasteiger charge is -2.18. The standard InChI is InChI=1S/C26H30N6O3/c1-16-20(17(2)30-29-16)11-12-31(3)26(34)19-13-21(27-23(33)15-35-5)24-22(14-19)28-25(32(24)4)18-9-7-6-8-10-18/h6-10,13-14H,11-12,15H2,1-5H3,(H,27,33)(H,29,30). The zero-order valence-corrected chi connectivity index (χ0v) is 20.7. The van der Waals surface area contributed by atoms with Crippen molar-refractivity contribution in [2.45, 2.75) is 20.3 Å². The number of aryl methyl sites for hydroxylation is 3. The van der Waals surface area contributed by atoms with E-state index in [0.29, 0.717) is 29.7 Å². The van der Waals surface area contributed by atoms with Crippen molar-refractivity contribution in [2.75, 3.05) is 32.6 Å². The normalized spacial score (nSPS) is 11.1. The van der Waals surface area contributed by atoms with Crippen LogP contribution >= 0.6 is 0 Å². The first kappa shape index (κ1) is 24.2. The third-order valence-electron chi connectivity index (χ3n) is 6.12. The summed E-state index contributed by atoms with van der Waals surface area (Å²) < 4.78 is 6.90. The van der Waals surface area contributed by atoms with E-state index in [1.54, 1.807) is 24.1 Å². The molecule has 4 rings (SSSR count). The van der Waals surface area contributed by atoms with E-state index in [0.717, 1.165) is 33.9 Å². The summed E-state index contributed by atoms with van der Waals surface area (Å²) in [7, 11) is 5.13. The van der Waals surface area contributed by atoms with Crippen LogP contribution in [0.25, 0.3) is 22.4 Å². The minimum atomic E-state index is -0.305. The van der Waals surface area contributed by atoms with Gasteiger partial charge in [0.15, 0.2) is 0 Å². The van der Waals surface area contributed by atoms with E-state index in [2.05, 4.69) is 15.5 Å². The van der Waals surface area contributed by atoms with E-state index in [4.69, 9.17) is 9.72 Å². The Labute approximate surface area is 204 Å². The molecule has 2 aromatic carbocycles. The first-order chi connectivity index (χ1) is 16.8. The van der Waals surface area contributed by atoms with Crippen molar-refractivity contribution in [1.29, 1.82) is 0 Å². The minimum absolute atomic E-state index is 0.0909. The number of nitrogens with one attached hydrogen (secondary N) is 2. The second kappa shape index (κ2) is 10.1. The summed E-state index contributed by atoms with van der Waals surface area (Å²) in [6.45, 7) is 4.37. The van der Waals surface area contributed by atoms with Crippen molar-refractivity contribution >= 4 is 28.5 Å². The maximum absolute atomic E-state index is 13.4. The molecule has 0 spiro atoms. The number of fused-ring (bicyclic) bond motifs is 1. The Morgan fingerprint density at radius 1 is 1.17 bits per heavy atom. The Kier molecular flexibility index (Phi) is 6.97. The number of H-pyrrole nitrogens is 1. The number of aromatic nitrogens is 4. The Morgan fingerprint density at radius 3 is 2.57 bits per heavy atom. The van der Waals surface area contributed by atoms with Crippen molar-refractivity contribution in [3.63, 3.8) is 0 Å². The summed E-state index contributed by atoms with van der Waals surface area (Å²) in [6, 6.07) is 13.3. The molecule has 182 valence electrons. The maximum Gasteiger partial charge on any atom is 0.253 e. The van der Waals surface area contributed by atoms with Crippen LogP contribution in [0.4, 0.5) is 5.69 Å². The highest BCUT2D eigenvalue weighted by Gasteiger charge is 2.20. The molecule has 0 saturated carbocycles. The summed E-state index contributed by atoms with van der Waals surface area (Å²) >= 11 is 0. The zero-order chi connectivity index (χ0) is 25.1. The second-order valence-corrected chi connectivity index (χ2v) is 8.62. The average Bonchev–Trinajstić information content (AvgIpc) is 3.35. The van der Waals surface area contributed by atoms with Gasteiger partial charge in [0.25, 0.3) is 5.91 Å². The van der Waals surface area contributed by atoms with Gasteiger partial charge < -0.3 is 19.5 Å². The number of carbonyl (C=O) groups excluding carboxylic acids is 2. The molecule has 0 unspecified atom stereocenters. The van der Waals surface area contributed by atoms with Gasteiger partial charge in [-0.05, 0) is 38.0 Å². The summed E-state index contributed by atoms with van der Waals surface area (Å²) in [4.78, 5) is 32.2. The smallest absolute Gasteiger partial charge is 0.253 e. The lowest BCUT2D eigenvalue weighted by molar-refractivity contribution is -0.119. The number of rotatable bonds is 8. The topological polar surface area (TPSA) is 105 Å². The molecule has 4 aromatic rings. The SMILES string of the molecule is COCC(=O)Nc1cc(C(=O)N(C)CCc2c(C)n[nH]c2C)cc2nc(-c3ccccc3)n(C)c12. The van der Waals surface area contributed by atoms with Gasteiger partial charge in [0.2, 0.25) is 5.91 Å². The van der Waals surface area contributed by atoms with Gasteiger partial charge in [-0.1, -0.05) is 30.3 Å². The lowest BCUT2D eigenvalue weighted by Crippen LogP contribution is -2.29. The van der Waals surface area contributed by atoms with Gasteiger partial charge in [0.05, 0.1) is 22.4 Å². The van der Waals surface area contributed by atoms with E-state index in [9.17, 15) is 9.59 Å². The van der Waals surface area contributed by atoms with Crippen molar-refractivity contribution in [1.82, 2.24) is 24.6 Å². The maximum atomic E-state index is 13.4. The number of carbonyl (C=O) groups is 2. The van der Waals surface area contributed by atoms with Gasteiger partial charge in [0.1, 0.15) is 12.4 Å². The molecule has 2 N–H and O–H groups in total. The molecule has 0 aliphatic carbocycles. The molecule has 2 heterocycles. The molecule has 2 amide bonds. The summed E-state index contributed by atoms with van der Waals surface area (Å²) in [5, 5.41) is 10.1. The van der Waals surface area contributed by atoms with Crippen LogP contribution in [0.2, 0.25) is 0 Å². The van der Waals surface area contributed by atoms with Crippen molar-refractivity contribution in [3.05, 3.63) is 65.0 Å². The molecule has 9 heteroatoms. The van der Waals surface area contributed by atoms with Crippen LogP contribution in [-0.4, -0.2) is 63.8 Å². The Hall–Kier alpha value is -3.98. The number of amides is 2. The minimum Gasteiger partial charge on any atom is -0.375 e. The molecule has 0 atom stereocenters. The molecule has 0 aliphatic rings. The van der Waals surface area contributed by atoms with Crippen LogP contribution < -0.4 is 5.32 Å². The zero-order valence-electron chi connectivity index (χ0n) is 20.7. The third-order valence-corrected chi connectivity index (χ3v) is 6.12. The van der Waals surface area contributed by atoms with Gasteiger partial charge in [-0.2, -0.15) is 5.10 Å². The van der Waals surface area contributed by atoms with Crippen molar-refractivity contribution in [3.8, 4) is 11.4 Å². The van der Waals surface area contributed by atoms with Gasteiger partial charge in [-0.25, -0.2) is 4.98 Å². The fraction of sp³-hybridized carbons (Fsp3) is 0.308. The fourth-order valence-electron chi connectivity index (χ4n) is 4.28. The van der Waals surface area contributed by atoms with Crippen LogP contribution in [-0.2, 0) is 23.0 Å². The summed E-state index contributed by atoms with van der Waals surface area (Å²) in [6.07, 6.45) is 0.692. The molecule has 0 saturated heterocycles. The number of ether oxygens (including phenoxy) is 1. The average molecular weight is 475 g/mol. The Balaban J connectivity index is 1.70. The molecule has 0 bridgehead atoms. The highest BCUT2D eigenvalue weighted by Crippen LogP contribution is 2.30. The van der Waals surface area contributed by atoms with E-state index >= 15 is 0 Å². The highest BCUT2D eigenvalue weighted by molar-refractivity contribution is 6.06. The highest BCUT2D eigenvalue weighted by atomic mass is 16.5. The monoisotopic (exact) mass is 474 g/mol. The Morgan fingerprint density at radius 2 is 1.91 bits per heavy atom. The van der Waals surface area contributed by atoms with Gasteiger partial charge >= 0.3 is 0 Å². The van der Waals surface area contributed by atoms with Gasteiger partial charge in [-0.3, -0.25) is 14.7 Å². The summed E-state index contributed by atoms with van der Waals surface area (Å²) in [5.41, 5.74) is 6.33. The number of methoxy groups -OCH3 is 1. The van der Waals surface area contributed by atoms with Crippen LogP contribution in [0.5, 0.6) is 0 Å². The number of anilines is 1. The number of imidazole rings is 1. The number of hydrogen-bond donors (Lipinski definition) is 2. The fourth-order valence-corrected chi connectivity index (χ4v) is 4.28. The molecule has 2 aromatic heterocycles. The van der Waals surface area contributed by atoms with E-state index in [-0.39, 0.29) is 18.4 Å². The van der Waals surface area contributed by atoms with Crippen LogP contribution in [0, 0.1) is 13.8 Å². The molecule has 0 radical (unpaired) electrons. The van der Waals surface area contributed by atoms with Gasteiger partial charge in [-0.15, -0.1) is 0 Å². The van der Waals surface area contributed by atoms with E-state index in [1.807, 2.05) is 55.8 Å². The Bertz CT molecular complexity index is 1350. The van der Waals surface area contributed by atoms with Crippen LogP contribution in [0.1, 0.15) is 27.3 Å². The molecule has 35 heavy (non-hydrogen) atoms. The van der Waals surface area contributed by atoms with Gasteiger partial charge in [0, 0.05) is 44.6 Å². The molecule has 9 nitrogen and oxygen atoms in total. The largest absolute Gasteiger partial charge is 0.375 e. The number of likely N-dealkylation sites (N-methyl/N-ethyl adjacent to an activating group) is 1. The number of nitrogens with zero attached hydrogens (tertiary/aromatic N) is 4. The molecule has 0 fully saturated rings. The quantitative estimate of drug-likeness (QED) is 0.407. The lowest BCUT2D eigenvalue weighted by atomic mass is 10.1. The first-order valence-corrected chi connectivity index (χ1v) is 11.4. The van der Waals surface area contributed by atoms with Crippen LogP contribution in [0.15, 0.2) is 42.5 Å². The third kappa shape index (κ3) is 4.95. The number of benzene rings is 2. The second-order valence-electron chi connectivity index (χ2n) is 8.62. The van der Waals surface area contributed by atoms with Crippen molar-refractivity contribution in [2.24, 2.45) is 7.05 Å². The van der Waals surface area contributed by atoms with Crippen molar-refractivity contribution < 1.29 is 14.3 Å².